The molecule has 2 rings (SSSR count). The van der Waals surface area contributed by atoms with Crippen LogP contribution in [-0.2, 0) is 4.74 Å². The summed E-state index contributed by atoms with van der Waals surface area (Å²) >= 11 is 0. The van der Waals surface area contributed by atoms with Crippen molar-refractivity contribution >= 4 is 11.4 Å². The van der Waals surface area contributed by atoms with E-state index in [4.69, 9.17) is 4.74 Å². The highest BCUT2D eigenvalue weighted by atomic mass is 16.5. The summed E-state index contributed by atoms with van der Waals surface area (Å²) in [5.41, 5.74) is -0.350. The van der Waals surface area contributed by atoms with Gasteiger partial charge in [-0.05, 0) is 27.1 Å². The van der Waals surface area contributed by atoms with Crippen molar-refractivity contribution in [2.24, 2.45) is 0 Å². The number of aliphatic hydroxyl groups is 1. The number of morpholine rings is 1. The lowest BCUT2D eigenvalue weighted by molar-refractivity contribution is 0.0171. The Labute approximate surface area is 142 Å². The van der Waals surface area contributed by atoms with Crippen LogP contribution in [0.2, 0.25) is 0 Å². The van der Waals surface area contributed by atoms with Crippen LogP contribution in [0.3, 0.4) is 0 Å². The van der Waals surface area contributed by atoms with Gasteiger partial charge in [-0.2, -0.15) is 0 Å². The molecular weight excluding hydrogens is 312 g/mol. The van der Waals surface area contributed by atoms with Crippen LogP contribution in [0.15, 0.2) is 9.59 Å². The van der Waals surface area contributed by atoms with Crippen LogP contribution < -0.4 is 21.5 Å². The van der Waals surface area contributed by atoms with Crippen molar-refractivity contribution in [2.45, 2.75) is 12.5 Å². The Kier molecular flexibility index (Phi) is 7.16. The van der Waals surface area contributed by atoms with Gasteiger partial charge in [0.2, 0.25) is 0 Å². The predicted molar refractivity (Wildman–Crippen MR) is 94.8 cm³/mol. The quantitative estimate of drug-likeness (QED) is 0.359. The number of ether oxygens (including phenoxy) is 1. The predicted octanol–water partition coefficient (Wildman–Crippen LogP) is -1.25. The molecule has 1 atom stereocenters. The van der Waals surface area contributed by atoms with Gasteiger partial charge >= 0.3 is 0 Å². The molecule has 0 radical (unpaired) electrons. The smallest absolute Gasteiger partial charge is 0.253 e. The van der Waals surface area contributed by atoms with Gasteiger partial charge in [0.25, 0.3) is 10.9 Å². The van der Waals surface area contributed by atoms with Crippen LogP contribution in [0.25, 0.3) is 0 Å². The molecule has 8 heteroatoms. The standard InChI is InChI=1S/C16H28N4O4/c1-19(2)5-3-4-17-13-14(16(23)15(13)22)18-10-12(21)11-20-6-8-24-9-7-20/h12,17-18,21H,3-11H2,1-2H3. The van der Waals surface area contributed by atoms with Gasteiger partial charge in [0.05, 0.1) is 19.3 Å². The highest BCUT2D eigenvalue weighted by molar-refractivity contribution is 5.73. The minimum Gasteiger partial charge on any atom is -0.390 e. The molecule has 0 bridgehead atoms. The van der Waals surface area contributed by atoms with Crippen molar-refractivity contribution in [3.8, 4) is 0 Å². The molecule has 0 spiro atoms. The van der Waals surface area contributed by atoms with Crippen LogP contribution in [0.1, 0.15) is 6.42 Å². The molecule has 0 saturated carbocycles. The maximum atomic E-state index is 11.7. The van der Waals surface area contributed by atoms with E-state index in [0.717, 1.165) is 26.1 Å². The van der Waals surface area contributed by atoms with Crippen molar-refractivity contribution in [3.05, 3.63) is 20.4 Å². The lowest BCUT2D eigenvalue weighted by Gasteiger charge is -2.28. The van der Waals surface area contributed by atoms with Crippen molar-refractivity contribution in [2.75, 3.05) is 77.2 Å². The lowest BCUT2D eigenvalue weighted by Crippen LogP contribution is -2.44. The van der Waals surface area contributed by atoms with E-state index in [1.807, 2.05) is 14.1 Å². The molecule has 1 aromatic rings. The van der Waals surface area contributed by atoms with Gasteiger partial charge in [-0.15, -0.1) is 0 Å². The summed E-state index contributed by atoms with van der Waals surface area (Å²) in [7, 11) is 3.97. The number of aliphatic hydroxyl groups excluding tert-OH is 1. The van der Waals surface area contributed by atoms with E-state index in [0.29, 0.717) is 37.7 Å². The third-order valence-corrected chi connectivity index (χ3v) is 4.08. The molecule has 0 aromatic heterocycles. The molecule has 1 unspecified atom stereocenters. The van der Waals surface area contributed by atoms with E-state index in [2.05, 4.69) is 20.4 Å². The first-order valence-electron chi connectivity index (χ1n) is 8.43. The Morgan fingerprint density at radius 3 is 2.42 bits per heavy atom. The molecule has 1 saturated heterocycles. The van der Waals surface area contributed by atoms with Gasteiger partial charge in [0.15, 0.2) is 0 Å². The number of nitrogens with one attached hydrogen (secondary N) is 2. The fourth-order valence-electron chi connectivity index (χ4n) is 2.70. The van der Waals surface area contributed by atoms with Crippen molar-refractivity contribution in [1.29, 1.82) is 0 Å². The average molecular weight is 340 g/mol. The fraction of sp³-hybridized carbons (Fsp3) is 0.750. The van der Waals surface area contributed by atoms with Gasteiger partial charge in [0.1, 0.15) is 11.4 Å². The number of β-amino-alcohol motifs (C(OH)–C–C–N with tert-alkyl or cyclic N) is 1. The Morgan fingerprint density at radius 1 is 1.17 bits per heavy atom. The molecule has 24 heavy (non-hydrogen) atoms. The Balaban J connectivity index is 1.76. The van der Waals surface area contributed by atoms with E-state index >= 15 is 0 Å². The zero-order chi connectivity index (χ0) is 17.5. The number of nitrogens with zero attached hydrogens (tertiary/aromatic N) is 2. The summed E-state index contributed by atoms with van der Waals surface area (Å²) in [6.45, 7) is 5.27. The number of anilines is 2. The molecule has 8 nitrogen and oxygen atoms in total. The van der Waals surface area contributed by atoms with Gasteiger partial charge in [-0.1, -0.05) is 0 Å². The number of hydrogen-bond acceptors (Lipinski definition) is 8. The van der Waals surface area contributed by atoms with Crippen LogP contribution in [0.5, 0.6) is 0 Å². The van der Waals surface area contributed by atoms with Crippen LogP contribution in [0.4, 0.5) is 11.4 Å². The van der Waals surface area contributed by atoms with Gasteiger partial charge in [0, 0.05) is 32.7 Å². The van der Waals surface area contributed by atoms with E-state index in [1.54, 1.807) is 0 Å². The summed E-state index contributed by atoms with van der Waals surface area (Å²) in [5, 5.41) is 16.0. The average Bonchev–Trinajstić information content (AvgIpc) is 2.56. The topological polar surface area (TPSA) is 94.1 Å². The first-order chi connectivity index (χ1) is 11.5. The maximum Gasteiger partial charge on any atom is 0.253 e. The molecule has 136 valence electrons. The van der Waals surface area contributed by atoms with E-state index < -0.39 is 17.0 Å². The zero-order valence-corrected chi connectivity index (χ0v) is 14.5. The van der Waals surface area contributed by atoms with Crippen LogP contribution in [-0.4, -0.2) is 87.6 Å². The van der Waals surface area contributed by atoms with Crippen molar-refractivity contribution in [3.63, 3.8) is 0 Å². The molecule has 1 aromatic carbocycles. The second-order valence-corrected chi connectivity index (χ2v) is 6.44. The van der Waals surface area contributed by atoms with Crippen molar-refractivity contribution < 1.29 is 9.84 Å². The van der Waals surface area contributed by atoms with Crippen LogP contribution >= 0.6 is 0 Å². The number of rotatable bonds is 10. The first kappa shape index (κ1) is 18.9. The summed E-state index contributed by atoms with van der Waals surface area (Å²) in [6.07, 6.45) is 0.277. The minimum atomic E-state index is -0.603. The highest BCUT2D eigenvalue weighted by Crippen LogP contribution is 2.14. The lowest BCUT2D eigenvalue weighted by atomic mass is 10.1. The minimum absolute atomic E-state index is 0.245. The zero-order valence-electron chi connectivity index (χ0n) is 14.5. The molecule has 0 aliphatic carbocycles. The first-order valence-corrected chi connectivity index (χ1v) is 8.43. The van der Waals surface area contributed by atoms with E-state index in [-0.39, 0.29) is 6.54 Å². The number of hydrogen-bond donors (Lipinski definition) is 3. The van der Waals surface area contributed by atoms with Gasteiger partial charge in [-0.25, -0.2) is 0 Å². The van der Waals surface area contributed by atoms with E-state index in [1.165, 1.54) is 0 Å². The SMILES string of the molecule is CN(C)CCCNc1c(NCC(O)CN2CCOCC2)c(=O)c1=O. The van der Waals surface area contributed by atoms with Gasteiger partial charge in [-0.3, -0.25) is 14.5 Å². The summed E-state index contributed by atoms with van der Waals surface area (Å²) in [4.78, 5) is 27.5. The summed E-state index contributed by atoms with van der Waals surface area (Å²) in [5.74, 6) is 0. The maximum absolute atomic E-state index is 11.7. The normalized spacial score (nSPS) is 17.3. The molecule has 3 N–H and O–H groups in total. The van der Waals surface area contributed by atoms with Crippen LogP contribution in [0, 0.1) is 0 Å². The van der Waals surface area contributed by atoms with Gasteiger partial charge < -0.3 is 25.4 Å². The summed E-state index contributed by atoms with van der Waals surface area (Å²) < 4.78 is 5.27. The molecule has 1 fully saturated rings. The Morgan fingerprint density at radius 2 is 1.79 bits per heavy atom. The Hall–Kier alpha value is -1.48. The largest absolute Gasteiger partial charge is 0.390 e. The fourth-order valence-corrected chi connectivity index (χ4v) is 2.70. The molecular formula is C16H28N4O4. The Bertz CT molecular complexity index is 577. The third kappa shape index (κ3) is 5.27. The monoisotopic (exact) mass is 340 g/mol. The molecule has 1 aliphatic heterocycles. The van der Waals surface area contributed by atoms with E-state index in [9.17, 15) is 14.7 Å². The molecule has 0 amide bonds. The molecule has 1 heterocycles. The third-order valence-electron chi connectivity index (χ3n) is 4.08. The summed E-state index contributed by atoms with van der Waals surface area (Å²) in [6, 6.07) is 0. The second-order valence-electron chi connectivity index (χ2n) is 6.44. The molecule has 1 aliphatic rings. The second kappa shape index (κ2) is 9.12. The van der Waals surface area contributed by atoms with Crippen molar-refractivity contribution in [1.82, 2.24) is 9.80 Å². The highest BCUT2D eigenvalue weighted by Gasteiger charge is 2.21.